The quantitative estimate of drug-likeness (QED) is 0.540. The van der Waals surface area contributed by atoms with Crippen LogP contribution in [0.4, 0.5) is 11.5 Å². The molecule has 7 nitrogen and oxygen atoms in total. The predicted molar refractivity (Wildman–Crippen MR) is 101 cm³/mol. The maximum absolute atomic E-state index is 11.8. The molecular weight excluding hydrogens is 344 g/mol. The first-order valence-corrected chi connectivity index (χ1v) is 8.23. The smallest absolute Gasteiger partial charge is 0.337 e. The summed E-state index contributed by atoms with van der Waals surface area (Å²) >= 11 is 0. The number of fused-ring (bicyclic) bond motifs is 1. The molecule has 0 atom stereocenters. The van der Waals surface area contributed by atoms with Crippen LogP contribution in [0.5, 0.6) is 5.75 Å². The number of benzene rings is 2. The number of phenols is 1. The van der Waals surface area contributed by atoms with Crippen LogP contribution in [0.25, 0.3) is 17.0 Å². The highest BCUT2D eigenvalue weighted by molar-refractivity contribution is 5.91. The van der Waals surface area contributed by atoms with Gasteiger partial charge >= 0.3 is 5.97 Å². The van der Waals surface area contributed by atoms with Gasteiger partial charge in [-0.25, -0.2) is 14.8 Å². The number of aromatic nitrogens is 3. The molecule has 2 aromatic carbocycles. The van der Waals surface area contributed by atoms with E-state index in [2.05, 4.69) is 15.3 Å². The minimum Gasteiger partial charge on any atom is -0.508 e. The SMILES string of the molecule is COC(=O)c1cccc(Nc2c(-c3ccc(O)cc3)nc3ncccn23)c1. The standard InChI is InChI=1S/C20H16N4O3/c1-27-19(26)14-4-2-5-15(12-14)22-18-17(13-6-8-16(25)9-7-13)23-20-21-10-3-11-24(18)20/h2-12,22,25H,1H3. The molecule has 0 saturated heterocycles. The molecule has 134 valence electrons. The number of hydrogen-bond donors (Lipinski definition) is 2. The zero-order chi connectivity index (χ0) is 18.8. The van der Waals surface area contributed by atoms with E-state index in [4.69, 9.17) is 4.74 Å². The molecule has 27 heavy (non-hydrogen) atoms. The molecule has 0 bridgehead atoms. The number of phenolic OH excluding ortho intramolecular Hbond substituents is 1. The van der Waals surface area contributed by atoms with Gasteiger partial charge in [0.25, 0.3) is 0 Å². The summed E-state index contributed by atoms with van der Waals surface area (Å²) in [6.45, 7) is 0. The molecule has 2 heterocycles. The number of methoxy groups -OCH3 is 1. The fraction of sp³-hybridized carbons (Fsp3) is 0.0500. The molecule has 0 aliphatic rings. The Kier molecular flexibility index (Phi) is 4.18. The number of anilines is 2. The first-order chi connectivity index (χ1) is 13.2. The van der Waals surface area contributed by atoms with Crippen LogP contribution in [0.2, 0.25) is 0 Å². The molecule has 7 heteroatoms. The topological polar surface area (TPSA) is 88.8 Å². The Labute approximate surface area is 154 Å². The lowest BCUT2D eigenvalue weighted by molar-refractivity contribution is 0.0601. The summed E-state index contributed by atoms with van der Waals surface area (Å²) in [4.78, 5) is 20.7. The molecule has 4 aromatic rings. The second-order valence-electron chi connectivity index (χ2n) is 5.84. The number of nitrogens with one attached hydrogen (secondary N) is 1. The van der Waals surface area contributed by atoms with Gasteiger partial charge in [-0.1, -0.05) is 6.07 Å². The van der Waals surface area contributed by atoms with Crippen molar-refractivity contribution in [1.29, 1.82) is 0 Å². The van der Waals surface area contributed by atoms with E-state index in [1.165, 1.54) is 7.11 Å². The largest absolute Gasteiger partial charge is 0.508 e. The monoisotopic (exact) mass is 360 g/mol. The lowest BCUT2D eigenvalue weighted by Gasteiger charge is -2.10. The van der Waals surface area contributed by atoms with Crippen molar-refractivity contribution in [2.45, 2.75) is 0 Å². The third-order valence-corrected chi connectivity index (χ3v) is 4.09. The second kappa shape index (κ2) is 6.80. The van der Waals surface area contributed by atoms with E-state index in [0.717, 1.165) is 5.56 Å². The van der Waals surface area contributed by atoms with Crippen molar-refractivity contribution in [1.82, 2.24) is 14.4 Å². The lowest BCUT2D eigenvalue weighted by atomic mass is 10.1. The van der Waals surface area contributed by atoms with Crippen LogP contribution in [0.15, 0.2) is 67.0 Å². The van der Waals surface area contributed by atoms with Crippen molar-refractivity contribution in [3.05, 3.63) is 72.6 Å². The number of rotatable bonds is 4. The van der Waals surface area contributed by atoms with E-state index in [1.54, 1.807) is 48.7 Å². The molecule has 0 amide bonds. The van der Waals surface area contributed by atoms with E-state index in [1.807, 2.05) is 22.7 Å². The molecule has 0 spiro atoms. The fourth-order valence-corrected chi connectivity index (χ4v) is 2.81. The van der Waals surface area contributed by atoms with Gasteiger partial charge in [0.15, 0.2) is 0 Å². The zero-order valence-electron chi connectivity index (χ0n) is 14.5. The van der Waals surface area contributed by atoms with E-state index in [0.29, 0.717) is 28.5 Å². The van der Waals surface area contributed by atoms with Crippen LogP contribution in [0.3, 0.4) is 0 Å². The van der Waals surface area contributed by atoms with E-state index in [9.17, 15) is 9.90 Å². The molecule has 2 aromatic heterocycles. The van der Waals surface area contributed by atoms with Crippen molar-refractivity contribution in [2.75, 3.05) is 12.4 Å². The Hall–Kier alpha value is -3.87. The van der Waals surface area contributed by atoms with Gasteiger partial charge in [-0.3, -0.25) is 4.40 Å². The molecule has 0 radical (unpaired) electrons. The highest BCUT2D eigenvalue weighted by Gasteiger charge is 2.16. The molecule has 2 N–H and O–H groups in total. The summed E-state index contributed by atoms with van der Waals surface area (Å²) in [5.41, 5.74) is 2.66. The molecule has 0 saturated carbocycles. The third kappa shape index (κ3) is 3.18. The number of hydrogen-bond acceptors (Lipinski definition) is 6. The average Bonchev–Trinajstić information content (AvgIpc) is 3.06. The average molecular weight is 360 g/mol. The Balaban J connectivity index is 1.82. The van der Waals surface area contributed by atoms with Gasteiger partial charge in [0.2, 0.25) is 5.78 Å². The Morgan fingerprint density at radius 2 is 1.96 bits per heavy atom. The highest BCUT2D eigenvalue weighted by atomic mass is 16.5. The maximum atomic E-state index is 11.8. The Morgan fingerprint density at radius 1 is 1.15 bits per heavy atom. The number of imidazole rings is 1. The lowest BCUT2D eigenvalue weighted by Crippen LogP contribution is -2.03. The van der Waals surface area contributed by atoms with Gasteiger partial charge in [-0.05, 0) is 48.5 Å². The van der Waals surface area contributed by atoms with Gasteiger partial charge in [-0.15, -0.1) is 0 Å². The minimum absolute atomic E-state index is 0.181. The zero-order valence-corrected chi connectivity index (χ0v) is 14.5. The Bertz CT molecular complexity index is 1120. The number of carbonyl (C=O) groups excluding carboxylic acids is 1. The van der Waals surface area contributed by atoms with Crippen LogP contribution >= 0.6 is 0 Å². The van der Waals surface area contributed by atoms with Gasteiger partial charge in [0.05, 0.1) is 12.7 Å². The van der Waals surface area contributed by atoms with Crippen molar-refractivity contribution in [3.8, 4) is 17.0 Å². The van der Waals surface area contributed by atoms with E-state index in [-0.39, 0.29) is 5.75 Å². The van der Waals surface area contributed by atoms with Gasteiger partial charge in [-0.2, -0.15) is 0 Å². The highest BCUT2D eigenvalue weighted by Crippen LogP contribution is 2.31. The molecule has 4 rings (SSSR count). The molecule has 0 fully saturated rings. The summed E-state index contributed by atoms with van der Waals surface area (Å²) in [5, 5.41) is 12.9. The Morgan fingerprint density at radius 3 is 2.74 bits per heavy atom. The molecular formula is C20H16N4O3. The summed E-state index contributed by atoms with van der Waals surface area (Å²) in [6.07, 6.45) is 3.52. The van der Waals surface area contributed by atoms with Crippen LogP contribution < -0.4 is 5.32 Å². The van der Waals surface area contributed by atoms with Crippen LogP contribution in [0, 0.1) is 0 Å². The van der Waals surface area contributed by atoms with Gasteiger partial charge in [0, 0.05) is 23.6 Å². The van der Waals surface area contributed by atoms with E-state index >= 15 is 0 Å². The number of aromatic hydroxyl groups is 1. The second-order valence-corrected chi connectivity index (χ2v) is 5.84. The first-order valence-electron chi connectivity index (χ1n) is 8.23. The number of carbonyl (C=O) groups is 1. The summed E-state index contributed by atoms with van der Waals surface area (Å²) in [5.74, 6) is 1.01. The van der Waals surface area contributed by atoms with Crippen molar-refractivity contribution >= 4 is 23.3 Å². The van der Waals surface area contributed by atoms with Gasteiger partial charge < -0.3 is 15.2 Å². The van der Waals surface area contributed by atoms with E-state index < -0.39 is 5.97 Å². The molecule has 0 aliphatic heterocycles. The minimum atomic E-state index is -0.405. The van der Waals surface area contributed by atoms with Crippen molar-refractivity contribution in [2.24, 2.45) is 0 Å². The number of nitrogens with zero attached hydrogens (tertiary/aromatic N) is 3. The summed E-state index contributed by atoms with van der Waals surface area (Å²) in [6, 6.07) is 15.6. The van der Waals surface area contributed by atoms with Gasteiger partial charge in [0.1, 0.15) is 17.3 Å². The first kappa shape index (κ1) is 16.6. The molecule has 0 aliphatic carbocycles. The van der Waals surface area contributed by atoms with Crippen LogP contribution in [0.1, 0.15) is 10.4 Å². The summed E-state index contributed by atoms with van der Waals surface area (Å²) < 4.78 is 6.61. The van der Waals surface area contributed by atoms with Crippen LogP contribution in [-0.2, 0) is 4.74 Å². The molecule has 0 unspecified atom stereocenters. The summed E-state index contributed by atoms with van der Waals surface area (Å²) in [7, 11) is 1.35. The van der Waals surface area contributed by atoms with Crippen LogP contribution in [-0.4, -0.2) is 32.6 Å². The third-order valence-electron chi connectivity index (χ3n) is 4.09. The maximum Gasteiger partial charge on any atom is 0.337 e. The number of ether oxygens (including phenoxy) is 1. The number of esters is 1. The van der Waals surface area contributed by atoms with Crippen molar-refractivity contribution in [3.63, 3.8) is 0 Å². The fourth-order valence-electron chi connectivity index (χ4n) is 2.81. The predicted octanol–water partition coefficient (Wildman–Crippen LogP) is 3.63. The van der Waals surface area contributed by atoms with Crippen molar-refractivity contribution < 1.29 is 14.6 Å². The normalized spacial score (nSPS) is 10.7.